The summed E-state index contributed by atoms with van der Waals surface area (Å²) in [5.74, 6) is 0. The lowest BCUT2D eigenvalue weighted by Gasteiger charge is -2.19. The summed E-state index contributed by atoms with van der Waals surface area (Å²) >= 11 is 0. The van der Waals surface area contributed by atoms with Crippen LogP contribution in [0.3, 0.4) is 0 Å². The summed E-state index contributed by atoms with van der Waals surface area (Å²) in [4.78, 5) is 0. The Hall–Kier alpha value is -3.00. The van der Waals surface area contributed by atoms with Crippen molar-refractivity contribution in [2.45, 2.75) is 46.5 Å². The zero-order valence-electron chi connectivity index (χ0n) is 17.7. The second kappa shape index (κ2) is 7.79. The van der Waals surface area contributed by atoms with Crippen molar-refractivity contribution >= 4 is 32.9 Å². The molecule has 2 heteroatoms. The highest BCUT2D eigenvalue weighted by atomic mass is 14.7. The van der Waals surface area contributed by atoms with Gasteiger partial charge in [0, 0.05) is 10.8 Å². The van der Waals surface area contributed by atoms with Crippen LogP contribution in [0.25, 0.3) is 32.7 Å². The minimum absolute atomic E-state index is 0.675. The summed E-state index contributed by atoms with van der Waals surface area (Å²) in [6.07, 6.45) is 4.92. The zero-order chi connectivity index (χ0) is 20.5. The topological polar surface area (TPSA) is 52.0 Å². The van der Waals surface area contributed by atoms with Crippen molar-refractivity contribution in [2.24, 2.45) is 0 Å². The number of benzene rings is 4. The van der Waals surface area contributed by atoms with Crippen molar-refractivity contribution in [1.29, 1.82) is 0 Å². The third-order valence-corrected chi connectivity index (χ3v) is 6.23. The van der Waals surface area contributed by atoms with Crippen LogP contribution in [0.5, 0.6) is 0 Å². The number of nitrogens with two attached hydrogens (primary N) is 2. The number of aryl methyl sites for hydroxylation is 2. The molecule has 0 heterocycles. The van der Waals surface area contributed by atoms with Crippen LogP contribution in [0.1, 0.15) is 42.9 Å². The molecule has 0 atom stereocenters. The van der Waals surface area contributed by atoms with E-state index in [4.69, 9.17) is 11.5 Å². The molecule has 29 heavy (non-hydrogen) atoms. The number of fused-ring (bicyclic) bond motifs is 3. The van der Waals surface area contributed by atoms with Crippen LogP contribution in [0, 0.1) is 13.8 Å². The predicted octanol–water partition coefficient (Wildman–Crippen LogP) is 7.17. The maximum absolute atomic E-state index is 6.63. The van der Waals surface area contributed by atoms with Crippen LogP contribution in [0.4, 0.5) is 11.4 Å². The Morgan fingerprint density at radius 2 is 1.45 bits per heavy atom. The Bertz CT molecular complexity index is 1190. The molecule has 4 rings (SSSR count). The Labute approximate surface area is 173 Å². The van der Waals surface area contributed by atoms with E-state index in [0.29, 0.717) is 11.4 Å². The SMILES string of the molecule is CCCCCc1ccc(-c2c(C)c(C)cc3c2c(N)c(N)c2ccccc23)cc1. The first-order valence-electron chi connectivity index (χ1n) is 10.6. The maximum Gasteiger partial charge on any atom is 0.0640 e. The largest absolute Gasteiger partial charge is 0.397 e. The van der Waals surface area contributed by atoms with Crippen LogP contribution in [-0.2, 0) is 6.42 Å². The van der Waals surface area contributed by atoms with Gasteiger partial charge >= 0.3 is 0 Å². The summed E-state index contributed by atoms with van der Waals surface area (Å²) in [5, 5.41) is 4.44. The molecule has 4 aromatic rings. The number of hydrogen-bond acceptors (Lipinski definition) is 2. The second-order valence-corrected chi connectivity index (χ2v) is 8.14. The van der Waals surface area contributed by atoms with E-state index in [1.54, 1.807) is 0 Å². The van der Waals surface area contributed by atoms with Crippen molar-refractivity contribution in [1.82, 2.24) is 0 Å². The lowest BCUT2D eigenvalue weighted by Crippen LogP contribution is -2.01. The van der Waals surface area contributed by atoms with Crippen molar-refractivity contribution in [2.75, 3.05) is 11.5 Å². The highest BCUT2D eigenvalue weighted by molar-refractivity contribution is 6.23. The highest BCUT2D eigenvalue weighted by Gasteiger charge is 2.17. The number of nitrogen functional groups attached to an aromatic ring is 2. The maximum atomic E-state index is 6.63. The van der Waals surface area contributed by atoms with Gasteiger partial charge in [0.1, 0.15) is 0 Å². The van der Waals surface area contributed by atoms with E-state index < -0.39 is 0 Å². The molecule has 0 aliphatic carbocycles. The lowest BCUT2D eigenvalue weighted by atomic mass is 9.87. The number of rotatable bonds is 5. The van der Waals surface area contributed by atoms with Gasteiger partial charge in [0.05, 0.1) is 11.4 Å². The molecule has 0 aromatic heterocycles. The quantitative estimate of drug-likeness (QED) is 0.166. The predicted molar refractivity (Wildman–Crippen MR) is 128 cm³/mol. The minimum atomic E-state index is 0.675. The van der Waals surface area contributed by atoms with Gasteiger partial charge in [-0.2, -0.15) is 0 Å². The standard InChI is InChI=1S/C27H30N2/c1-4-5-6-9-19-12-14-20(15-13-19)24-18(3)17(2)16-23-21-10-7-8-11-22(21)26(28)27(29)25(23)24/h7-8,10-16H,4-6,9,28-29H2,1-3H3. The van der Waals surface area contributed by atoms with Crippen LogP contribution in [0.15, 0.2) is 54.6 Å². The van der Waals surface area contributed by atoms with Crippen LogP contribution in [-0.4, -0.2) is 0 Å². The first-order valence-corrected chi connectivity index (χ1v) is 10.6. The molecule has 2 nitrogen and oxygen atoms in total. The van der Waals surface area contributed by atoms with E-state index >= 15 is 0 Å². The summed E-state index contributed by atoms with van der Waals surface area (Å²) in [5.41, 5.74) is 20.8. The average molecular weight is 383 g/mol. The molecule has 0 bridgehead atoms. The van der Waals surface area contributed by atoms with Gasteiger partial charge in [0.2, 0.25) is 0 Å². The van der Waals surface area contributed by atoms with Crippen molar-refractivity contribution < 1.29 is 0 Å². The third kappa shape index (κ3) is 3.33. The third-order valence-electron chi connectivity index (χ3n) is 6.23. The summed E-state index contributed by atoms with van der Waals surface area (Å²) in [6.45, 7) is 6.61. The van der Waals surface area contributed by atoms with Gasteiger partial charge < -0.3 is 11.5 Å². The Kier molecular flexibility index (Phi) is 5.19. The first-order chi connectivity index (χ1) is 14.0. The monoisotopic (exact) mass is 382 g/mol. The normalized spacial score (nSPS) is 11.4. The van der Waals surface area contributed by atoms with Crippen molar-refractivity contribution in [3.05, 3.63) is 71.3 Å². The fourth-order valence-electron chi connectivity index (χ4n) is 4.42. The van der Waals surface area contributed by atoms with Crippen LogP contribution < -0.4 is 11.5 Å². The van der Waals surface area contributed by atoms with Gasteiger partial charge in [-0.15, -0.1) is 0 Å². The van der Waals surface area contributed by atoms with Crippen molar-refractivity contribution in [3.8, 4) is 11.1 Å². The fourth-order valence-corrected chi connectivity index (χ4v) is 4.42. The lowest BCUT2D eigenvalue weighted by molar-refractivity contribution is 0.717. The minimum Gasteiger partial charge on any atom is -0.397 e. The van der Waals surface area contributed by atoms with Crippen molar-refractivity contribution in [3.63, 3.8) is 0 Å². The summed E-state index contributed by atoms with van der Waals surface area (Å²) in [7, 11) is 0. The van der Waals surface area contributed by atoms with Gasteiger partial charge in [-0.1, -0.05) is 74.4 Å². The van der Waals surface area contributed by atoms with E-state index in [9.17, 15) is 0 Å². The molecule has 0 spiro atoms. The molecule has 148 valence electrons. The molecule has 4 N–H and O–H groups in total. The van der Waals surface area contributed by atoms with E-state index in [2.05, 4.69) is 69.3 Å². The molecular weight excluding hydrogens is 352 g/mol. The van der Waals surface area contributed by atoms with Crippen LogP contribution in [0.2, 0.25) is 0 Å². The van der Waals surface area contributed by atoms with Gasteiger partial charge in [-0.05, 0) is 65.3 Å². The summed E-state index contributed by atoms with van der Waals surface area (Å²) < 4.78 is 0. The van der Waals surface area contributed by atoms with Crippen LogP contribution >= 0.6 is 0 Å². The molecule has 0 aliphatic heterocycles. The number of hydrogen-bond donors (Lipinski definition) is 2. The zero-order valence-corrected chi connectivity index (χ0v) is 17.7. The van der Waals surface area contributed by atoms with E-state index in [-0.39, 0.29) is 0 Å². The second-order valence-electron chi connectivity index (χ2n) is 8.14. The smallest absolute Gasteiger partial charge is 0.0640 e. The molecule has 0 fully saturated rings. The molecule has 4 aromatic carbocycles. The van der Waals surface area contributed by atoms with Gasteiger partial charge in [-0.25, -0.2) is 0 Å². The Morgan fingerprint density at radius 1 is 0.759 bits per heavy atom. The summed E-state index contributed by atoms with van der Waals surface area (Å²) in [6, 6.07) is 19.5. The number of anilines is 2. The van der Waals surface area contributed by atoms with E-state index in [1.807, 2.05) is 6.07 Å². The fraction of sp³-hybridized carbons (Fsp3) is 0.259. The number of unbranched alkanes of at least 4 members (excludes halogenated alkanes) is 2. The van der Waals surface area contributed by atoms with Gasteiger partial charge in [0.25, 0.3) is 0 Å². The van der Waals surface area contributed by atoms with E-state index in [1.165, 1.54) is 52.5 Å². The molecule has 0 saturated carbocycles. The first kappa shape index (κ1) is 19.3. The van der Waals surface area contributed by atoms with E-state index in [0.717, 1.165) is 22.6 Å². The molecular formula is C27H30N2. The van der Waals surface area contributed by atoms with Gasteiger partial charge in [0.15, 0.2) is 0 Å². The molecule has 0 radical (unpaired) electrons. The Morgan fingerprint density at radius 3 is 2.14 bits per heavy atom. The molecule has 0 saturated heterocycles. The molecule has 0 unspecified atom stereocenters. The molecule has 0 amide bonds. The average Bonchev–Trinajstić information content (AvgIpc) is 2.74. The Balaban J connectivity index is 1.96. The highest BCUT2D eigenvalue weighted by Crippen LogP contribution is 2.44. The molecule has 0 aliphatic rings. The van der Waals surface area contributed by atoms with Gasteiger partial charge in [-0.3, -0.25) is 0 Å².